The number of hydrogen-bond acceptors (Lipinski definition) is 5. The second kappa shape index (κ2) is 10.9. The van der Waals surface area contributed by atoms with E-state index in [1.807, 2.05) is 24.3 Å². The smallest absolute Gasteiger partial charge is 0.258 e. The number of hydrogen-bond donors (Lipinski definition) is 2. The SMILES string of the molecule is COc1cc(Br)c(C(=O)NCc2cccc(C(=O)N(C)c3ccc4c(c3)CNCC4)c2)cc1OC. The van der Waals surface area contributed by atoms with Gasteiger partial charge in [0, 0.05) is 35.9 Å². The Kier molecular flexibility index (Phi) is 7.73. The van der Waals surface area contributed by atoms with E-state index in [-0.39, 0.29) is 18.4 Å². The number of benzene rings is 3. The van der Waals surface area contributed by atoms with Crippen LogP contribution in [0.1, 0.15) is 37.4 Å². The number of ether oxygens (including phenoxy) is 2. The van der Waals surface area contributed by atoms with Crippen LogP contribution in [0.5, 0.6) is 11.5 Å². The van der Waals surface area contributed by atoms with Crippen molar-refractivity contribution < 1.29 is 19.1 Å². The zero-order valence-electron chi connectivity index (χ0n) is 20.0. The van der Waals surface area contributed by atoms with E-state index < -0.39 is 0 Å². The lowest BCUT2D eigenvalue weighted by molar-refractivity contribution is 0.0949. The number of nitrogens with one attached hydrogen (secondary N) is 2. The van der Waals surface area contributed by atoms with E-state index in [2.05, 4.69) is 38.7 Å². The maximum Gasteiger partial charge on any atom is 0.258 e. The molecule has 0 radical (unpaired) electrons. The monoisotopic (exact) mass is 537 g/mol. The third-order valence-electron chi connectivity index (χ3n) is 6.11. The molecule has 0 bridgehead atoms. The maximum atomic E-state index is 13.2. The minimum Gasteiger partial charge on any atom is -0.493 e. The van der Waals surface area contributed by atoms with Gasteiger partial charge in [0.15, 0.2) is 11.5 Å². The molecule has 2 amide bonds. The second-order valence-corrected chi connectivity index (χ2v) is 9.17. The molecular formula is C27H28BrN3O4. The fraction of sp³-hybridized carbons (Fsp3) is 0.259. The van der Waals surface area contributed by atoms with E-state index in [0.29, 0.717) is 27.1 Å². The number of methoxy groups -OCH3 is 2. The van der Waals surface area contributed by atoms with Gasteiger partial charge in [0.05, 0.1) is 19.8 Å². The van der Waals surface area contributed by atoms with E-state index >= 15 is 0 Å². The second-order valence-electron chi connectivity index (χ2n) is 8.31. The molecule has 8 heteroatoms. The lowest BCUT2D eigenvalue weighted by atomic mass is 10.00. The van der Waals surface area contributed by atoms with Crippen LogP contribution < -0.4 is 25.0 Å². The van der Waals surface area contributed by atoms with Crippen molar-refractivity contribution in [3.8, 4) is 11.5 Å². The molecule has 0 atom stereocenters. The first kappa shape index (κ1) is 24.8. The molecule has 1 aliphatic rings. The Morgan fingerprint density at radius 1 is 1.03 bits per heavy atom. The third-order valence-corrected chi connectivity index (χ3v) is 6.77. The number of amides is 2. The van der Waals surface area contributed by atoms with Gasteiger partial charge in [0.1, 0.15) is 0 Å². The number of carbonyl (C=O) groups is 2. The van der Waals surface area contributed by atoms with Gasteiger partial charge < -0.3 is 25.0 Å². The Hall–Kier alpha value is -3.36. The minimum absolute atomic E-state index is 0.107. The Morgan fingerprint density at radius 2 is 1.80 bits per heavy atom. The molecule has 0 unspecified atom stereocenters. The molecule has 7 nitrogen and oxygen atoms in total. The van der Waals surface area contributed by atoms with Gasteiger partial charge in [-0.1, -0.05) is 18.2 Å². The summed E-state index contributed by atoms with van der Waals surface area (Å²) in [7, 11) is 4.84. The maximum absolute atomic E-state index is 13.2. The van der Waals surface area contributed by atoms with Gasteiger partial charge >= 0.3 is 0 Å². The van der Waals surface area contributed by atoms with Gasteiger partial charge in [-0.25, -0.2) is 0 Å². The van der Waals surface area contributed by atoms with Crippen molar-refractivity contribution >= 4 is 33.4 Å². The molecular weight excluding hydrogens is 510 g/mol. The van der Waals surface area contributed by atoms with Crippen LogP contribution in [0.3, 0.4) is 0 Å². The Morgan fingerprint density at radius 3 is 2.57 bits per heavy atom. The van der Waals surface area contributed by atoms with E-state index in [1.165, 1.54) is 18.2 Å². The predicted molar refractivity (Wildman–Crippen MR) is 139 cm³/mol. The van der Waals surface area contributed by atoms with E-state index in [0.717, 1.165) is 30.8 Å². The molecule has 1 aliphatic heterocycles. The average molecular weight is 538 g/mol. The molecule has 2 N–H and O–H groups in total. The standard InChI is InChI=1S/C27H28BrN3O4/c1-31(21-8-7-18-9-10-29-16-20(18)12-21)27(33)19-6-4-5-17(11-19)15-30-26(32)22-13-24(34-2)25(35-3)14-23(22)28/h4-8,11-14,29H,9-10,15-16H2,1-3H3,(H,30,32). The molecule has 35 heavy (non-hydrogen) atoms. The first-order chi connectivity index (χ1) is 16.9. The molecule has 182 valence electrons. The van der Waals surface area contributed by atoms with Crippen LogP contribution in [0.25, 0.3) is 0 Å². The van der Waals surface area contributed by atoms with Gasteiger partial charge in [-0.2, -0.15) is 0 Å². The summed E-state index contributed by atoms with van der Waals surface area (Å²) in [5.74, 6) is 0.620. The quantitative estimate of drug-likeness (QED) is 0.469. The molecule has 0 saturated heterocycles. The van der Waals surface area contributed by atoms with E-state index in [9.17, 15) is 9.59 Å². The van der Waals surface area contributed by atoms with E-state index in [1.54, 1.807) is 37.3 Å². The number of anilines is 1. The minimum atomic E-state index is -0.269. The van der Waals surface area contributed by atoms with Crippen molar-refractivity contribution in [2.75, 3.05) is 32.7 Å². The number of carbonyl (C=O) groups excluding carboxylic acids is 2. The molecule has 1 heterocycles. The van der Waals surface area contributed by atoms with E-state index in [4.69, 9.17) is 9.47 Å². The summed E-state index contributed by atoms with van der Waals surface area (Å²) in [5.41, 5.74) is 5.22. The number of nitrogens with zero attached hydrogens (tertiary/aromatic N) is 1. The fourth-order valence-corrected chi connectivity index (χ4v) is 4.61. The third kappa shape index (κ3) is 5.49. The van der Waals surface area contributed by atoms with Crippen LogP contribution in [-0.4, -0.2) is 39.6 Å². The number of halogens is 1. The number of rotatable bonds is 7. The van der Waals surface area contributed by atoms with Crippen molar-refractivity contribution in [3.63, 3.8) is 0 Å². The Balaban J connectivity index is 1.45. The summed E-state index contributed by atoms with van der Waals surface area (Å²) >= 11 is 3.42. The van der Waals surface area contributed by atoms with Crippen molar-refractivity contribution in [2.24, 2.45) is 0 Å². The topological polar surface area (TPSA) is 79.9 Å². The molecule has 0 aliphatic carbocycles. The largest absolute Gasteiger partial charge is 0.493 e. The normalized spacial score (nSPS) is 12.5. The van der Waals surface area contributed by atoms with Crippen LogP contribution in [0, 0.1) is 0 Å². The first-order valence-electron chi connectivity index (χ1n) is 11.3. The summed E-state index contributed by atoms with van der Waals surface area (Å²) in [4.78, 5) is 27.7. The highest BCUT2D eigenvalue weighted by atomic mass is 79.9. The van der Waals surface area contributed by atoms with Crippen LogP contribution in [0.4, 0.5) is 5.69 Å². The molecule has 0 fully saturated rings. The highest BCUT2D eigenvalue weighted by molar-refractivity contribution is 9.10. The van der Waals surface area contributed by atoms with Gasteiger partial charge in [0.2, 0.25) is 0 Å². The molecule has 3 aromatic rings. The summed E-state index contributed by atoms with van der Waals surface area (Å²) in [6, 6.07) is 16.8. The van der Waals surface area contributed by atoms with Gasteiger partial charge in [-0.3, -0.25) is 9.59 Å². The van der Waals surface area contributed by atoms with Gasteiger partial charge in [-0.05, 0) is 82.0 Å². The highest BCUT2D eigenvalue weighted by Gasteiger charge is 2.18. The molecule has 3 aromatic carbocycles. The fourth-order valence-electron chi connectivity index (χ4n) is 4.11. The Bertz CT molecular complexity index is 1260. The molecule has 0 spiro atoms. The van der Waals surface area contributed by atoms with Crippen molar-refractivity contribution in [1.82, 2.24) is 10.6 Å². The average Bonchev–Trinajstić information content (AvgIpc) is 2.90. The van der Waals surface area contributed by atoms with Gasteiger partial charge in [-0.15, -0.1) is 0 Å². The summed E-state index contributed by atoms with van der Waals surface area (Å²) in [6.45, 7) is 2.07. The zero-order valence-corrected chi connectivity index (χ0v) is 21.6. The highest BCUT2D eigenvalue weighted by Crippen LogP contribution is 2.33. The number of fused-ring (bicyclic) bond motifs is 1. The van der Waals surface area contributed by atoms with Crippen LogP contribution in [0.15, 0.2) is 59.1 Å². The van der Waals surface area contributed by atoms with Crippen molar-refractivity contribution in [3.05, 3.63) is 86.9 Å². The predicted octanol–water partition coefficient (Wildman–Crippen LogP) is 4.32. The summed E-state index contributed by atoms with van der Waals surface area (Å²) in [6.07, 6.45) is 1.00. The molecule has 4 rings (SSSR count). The zero-order chi connectivity index (χ0) is 24.9. The molecule has 0 saturated carbocycles. The summed E-state index contributed by atoms with van der Waals surface area (Å²) in [5, 5.41) is 6.28. The lowest BCUT2D eigenvalue weighted by Gasteiger charge is -2.22. The first-order valence-corrected chi connectivity index (χ1v) is 12.1. The van der Waals surface area contributed by atoms with Crippen LogP contribution >= 0.6 is 15.9 Å². The van der Waals surface area contributed by atoms with Crippen molar-refractivity contribution in [1.29, 1.82) is 0 Å². The van der Waals surface area contributed by atoms with Crippen LogP contribution in [-0.2, 0) is 19.5 Å². The van der Waals surface area contributed by atoms with Crippen molar-refractivity contribution in [2.45, 2.75) is 19.5 Å². The Labute approximate surface area is 213 Å². The van der Waals surface area contributed by atoms with Gasteiger partial charge in [0.25, 0.3) is 11.8 Å². The summed E-state index contributed by atoms with van der Waals surface area (Å²) < 4.78 is 11.2. The van der Waals surface area contributed by atoms with Crippen LogP contribution in [0.2, 0.25) is 0 Å². The molecule has 0 aromatic heterocycles. The lowest BCUT2D eigenvalue weighted by Crippen LogP contribution is -2.28.